The van der Waals surface area contributed by atoms with E-state index in [2.05, 4.69) is 0 Å². The maximum Gasteiger partial charge on any atom is 0.233 e. The van der Waals surface area contributed by atoms with Gasteiger partial charge >= 0.3 is 0 Å². The van der Waals surface area contributed by atoms with E-state index in [-0.39, 0.29) is 23.5 Å². The van der Waals surface area contributed by atoms with Crippen molar-refractivity contribution in [1.29, 1.82) is 0 Å². The van der Waals surface area contributed by atoms with Crippen molar-refractivity contribution in [1.82, 2.24) is 9.80 Å². The SMILES string of the molecule is CCN(CCN1C(=O)CS[C@H]1c1ccc(F)cc1F)C(=O)C1CC1. The predicted octanol–water partition coefficient (Wildman–Crippen LogP) is 2.80. The normalized spacial score (nSPS) is 20.5. The zero-order valence-corrected chi connectivity index (χ0v) is 14.3. The summed E-state index contributed by atoms with van der Waals surface area (Å²) in [5, 5.41) is -0.465. The number of hydrogen-bond donors (Lipinski definition) is 0. The molecule has 2 fully saturated rings. The number of amides is 2. The fraction of sp³-hybridized carbons (Fsp3) is 0.529. The highest BCUT2D eigenvalue weighted by Crippen LogP contribution is 2.39. The molecule has 7 heteroatoms. The average molecular weight is 354 g/mol. The molecule has 0 radical (unpaired) electrons. The molecule has 2 aliphatic rings. The van der Waals surface area contributed by atoms with Crippen molar-refractivity contribution in [3.05, 3.63) is 35.4 Å². The van der Waals surface area contributed by atoms with Crippen LogP contribution in [0.2, 0.25) is 0 Å². The molecule has 0 aromatic heterocycles. The molecule has 0 bridgehead atoms. The lowest BCUT2D eigenvalue weighted by Crippen LogP contribution is -2.40. The molecule has 1 aliphatic carbocycles. The van der Waals surface area contributed by atoms with E-state index < -0.39 is 17.0 Å². The lowest BCUT2D eigenvalue weighted by molar-refractivity contribution is -0.134. The van der Waals surface area contributed by atoms with Crippen LogP contribution in [-0.2, 0) is 9.59 Å². The predicted molar refractivity (Wildman–Crippen MR) is 88.2 cm³/mol. The van der Waals surface area contributed by atoms with Gasteiger partial charge in [-0.25, -0.2) is 8.78 Å². The van der Waals surface area contributed by atoms with Crippen LogP contribution in [0.1, 0.15) is 30.7 Å². The van der Waals surface area contributed by atoms with Gasteiger partial charge in [-0.1, -0.05) is 6.07 Å². The minimum absolute atomic E-state index is 0.0800. The molecule has 1 saturated heterocycles. The Kier molecular flexibility index (Phi) is 5.08. The summed E-state index contributed by atoms with van der Waals surface area (Å²) >= 11 is 1.33. The number of rotatable bonds is 6. The minimum Gasteiger partial charge on any atom is -0.341 e. The molecule has 1 saturated carbocycles. The van der Waals surface area contributed by atoms with Crippen LogP contribution in [-0.4, -0.2) is 47.0 Å². The van der Waals surface area contributed by atoms with E-state index in [1.165, 1.54) is 23.9 Å². The Balaban J connectivity index is 1.70. The van der Waals surface area contributed by atoms with Crippen LogP contribution in [0.3, 0.4) is 0 Å². The van der Waals surface area contributed by atoms with Gasteiger partial charge in [-0.15, -0.1) is 11.8 Å². The number of thioether (sulfide) groups is 1. The van der Waals surface area contributed by atoms with Crippen molar-refractivity contribution < 1.29 is 18.4 Å². The largest absolute Gasteiger partial charge is 0.341 e. The van der Waals surface area contributed by atoms with Crippen molar-refractivity contribution >= 4 is 23.6 Å². The Hall–Kier alpha value is -1.63. The molecule has 1 aliphatic heterocycles. The van der Waals surface area contributed by atoms with Crippen LogP contribution >= 0.6 is 11.8 Å². The zero-order chi connectivity index (χ0) is 17.3. The number of nitrogens with zero attached hydrogens (tertiary/aromatic N) is 2. The number of carbonyl (C=O) groups is 2. The van der Waals surface area contributed by atoms with E-state index in [0.717, 1.165) is 18.9 Å². The highest BCUT2D eigenvalue weighted by Gasteiger charge is 2.36. The van der Waals surface area contributed by atoms with Gasteiger partial charge in [0, 0.05) is 37.2 Å². The molecular weight excluding hydrogens is 334 g/mol. The number of carbonyl (C=O) groups excluding carboxylic acids is 2. The zero-order valence-electron chi connectivity index (χ0n) is 13.5. The molecule has 0 spiro atoms. The number of halogens is 2. The Bertz CT molecular complexity index is 651. The summed E-state index contributed by atoms with van der Waals surface area (Å²) in [6, 6.07) is 3.43. The summed E-state index contributed by atoms with van der Waals surface area (Å²) in [5.74, 6) is -0.814. The standard InChI is InChI=1S/C17H20F2N2O2S/c1-2-20(16(23)11-3-4-11)7-8-21-15(22)10-24-17(21)13-6-5-12(18)9-14(13)19/h5-6,9,11,17H,2-4,7-8,10H2,1H3/t17-/m0/s1. The van der Waals surface area contributed by atoms with E-state index >= 15 is 0 Å². The smallest absolute Gasteiger partial charge is 0.233 e. The quantitative estimate of drug-likeness (QED) is 0.789. The van der Waals surface area contributed by atoms with Crippen LogP contribution < -0.4 is 0 Å². The van der Waals surface area contributed by atoms with E-state index in [0.29, 0.717) is 25.2 Å². The summed E-state index contributed by atoms with van der Waals surface area (Å²) < 4.78 is 27.2. The van der Waals surface area contributed by atoms with E-state index in [9.17, 15) is 18.4 Å². The maximum absolute atomic E-state index is 14.1. The van der Waals surface area contributed by atoms with E-state index in [1.54, 1.807) is 9.80 Å². The molecule has 1 atom stereocenters. The van der Waals surface area contributed by atoms with E-state index in [1.807, 2.05) is 6.92 Å². The monoisotopic (exact) mass is 354 g/mol. The van der Waals surface area contributed by atoms with Crippen LogP contribution in [0.15, 0.2) is 18.2 Å². The fourth-order valence-corrected chi connectivity index (χ4v) is 4.14. The lowest BCUT2D eigenvalue weighted by atomic mass is 10.2. The first kappa shape index (κ1) is 17.2. The van der Waals surface area contributed by atoms with Gasteiger partial charge in [0.05, 0.1) is 5.75 Å². The molecule has 3 rings (SSSR count). The Labute approximate surface area is 144 Å². The van der Waals surface area contributed by atoms with Gasteiger partial charge in [0.2, 0.25) is 11.8 Å². The Morgan fingerprint density at radius 2 is 2.12 bits per heavy atom. The molecular formula is C17H20F2N2O2S. The Morgan fingerprint density at radius 1 is 1.38 bits per heavy atom. The van der Waals surface area contributed by atoms with Crippen molar-refractivity contribution in [3.63, 3.8) is 0 Å². The maximum atomic E-state index is 14.1. The average Bonchev–Trinajstić information content (AvgIpc) is 3.33. The highest BCUT2D eigenvalue weighted by molar-refractivity contribution is 8.00. The molecule has 1 heterocycles. The van der Waals surface area contributed by atoms with Crippen molar-refractivity contribution in [2.24, 2.45) is 5.92 Å². The molecule has 0 N–H and O–H groups in total. The first-order valence-electron chi connectivity index (χ1n) is 8.16. The molecule has 2 amide bonds. The van der Waals surface area contributed by atoms with Gasteiger partial charge in [-0.05, 0) is 25.8 Å². The number of hydrogen-bond acceptors (Lipinski definition) is 3. The first-order valence-corrected chi connectivity index (χ1v) is 9.21. The molecule has 130 valence electrons. The molecule has 24 heavy (non-hydrogen) atoms. The van der Waals surface area contributed by atoms with Crippen LogP contribution in [0, 0.1) is 17.6 Å². The van der Waals surface area contributed by atoms with Crippen LogP contribution in [0.25, 0.3) is 0 Å². The third-order valence-corrected chi connectivity index (χ3v) is 5.67. The summed E-state index contributed by atoms with van der Waals surface area (Å²) in [6.45, 7) is 3.31. The van der Waals surface area contributed by atoms with Gasteiger partial charge in [0.25, 0.3) is 0 Å². The summed E-state index contributed by atoms with van der Waals surface area (Å²) in [4.78, 5) is 27.7. The second-order valence-corrected chi connectivity index (χ2v) is 7.18. The second kappa shape index (κ2) is 7.09. The van der Waals surface area contributed by atoms with E-state index in [4.69, 9.17) is 0 Å². The van der Waals surface area contributed by atoms with Gasteiger partial charge in [0.1, 0.15) is 17.0 Å². The second-order valence-electron chi connectivity index (χ2n) is 6.11. The number of benzene rings is 1. The summed E-state index contributed by atoms with van der Waals surface area (Å²) in [7, 11) is 0. The van der Waals surface area contributed by atoms with Gasteiger partial charge in [-0.3, -0.25) is 9.59 Å². The third kappa shape index (κ3) is 3.55. The molecule has 0 unspecified atom stereocenters. The number of likely N-dealkylation sites (N-methyl/N-ethyl adjacent to an activating group) is 1. The third-order valence-electron chi connectivity index (χ3n) is 4.43. The van der Waals surface area contributed by atoms with Gasteiger partial charge < -0.3 is 9.80 Å². The molecule has 1 aromatic rings. The topological polar surface area (TPSA) is 40.6 Å². The van der Waals surface area contributed by atoms with Crippen molar-refractivity contribution in [2.45, 2.75) is 25.1 Å². The van der Waals surface area contributed by atoms with Gasteiger partial charge in [0.15, 0.2) is 0 Å². The first-order chi connectivity index (χ1) is 11.5. The van der Waals surface area contributed by atoms with Crippen LogP contribution in [0.5, 0.6) is 0 Å². The van der Waals surface area contributed by atoms with Crippen molar-refractivity contribution in [3.8, 4) is 0 Å². The van der Waals surface area contributed by atoms with Gasteiger partial charge in [-0.2, -0.15) is 0 Å². The summed E-state index contributed by atoms with van der Waals surface area (Å²) in [6.07, 6.45) is 1.88. The van der Waals surface area contributed by atoms with Crippen molar-refractivity contribution in [2.75, 3.05) is 25.4 Å². The fourth-order valence-electron chi connectivity index (χ4n) is 2.90. The molecule has 4 nitrogen and oxygen atoms in total. The minimum atomic E-state index is -0.645. The highest BCUT2D eigenvalue weighted by atomic mass is 32.2. The lowest BCUT2D eigenvalue weighted by Gasteiger charge is -2.28. The molecule has 1 aromatic carbocycles. The summed E-state index contributed by atoms with van der Waals surface area (Å²) in [5.41, 5.74) is 0.309. The Morgan fingerprint density at radius 3 is 2.75 bits per heavy atom. The van der Waals surface area contributed by atoms with Crippen LogP contribution in [0.4, 0.5) is 8.78 Å².